The summed E-state index contributed by atoms with van der Waals surface area (Å²) >= 11 is 5.97. The Labute approximate surface area is 130 Å². The van der Waals surface area contributed by atoms with Gasteiger partial charge in [0.2, 0.25) is 0 Å². The molecule has 0 saturated carbocycles. The molecule has 2 rings (SSSR count). The van der Waals surface area contributed by atoms with E-state index in [-0.39, 0.29) is 5.41 Å². The van der Waals surface area contributed by atoms with Crippen molar-refractivity contribution in [3.8, 4) is 5.75 Å². The van der Waals surface area contributed by atoms with Gasteiger partial charge >= 0.3 is 0 Å². The minimum atomic E-state index is 0.162. The Hall–Kier alpha value is -1.81. The van der Waals surface area contributed by atoms with E-state index < -0.39 is 0 Å². The van der Waals surface area contributed by atoms with Crippen LogP contribution in [0.5, 0.6) is 5.75 Å². The summed E-state index contributed by atoms with van der Waals surface area (Å²) in [5.74, 6) is 1.06. The molecule has 0 saturated heterocycles. The van der Waals surface area contributed by atoms with Crippen molar-refractivity contribution in [3.63, 3.8) is 0 Å². The number of hydrogen-bond acceptors (Lipinski definition) is 4. The highest BCUT2D eigenvalue weighted by molar-refractivity contribution is 6.31. The Balaban J connectivity index is 2.09. The van der Waals surface area contributed by atoms with Crippen LogP contribution in [0.15, 0.2) is 30.6 Å². The van der Waals surface area contributed by atoms with Gasteiger partial charge in [-0.25, -0.2) is 9.97 Å². The van der Waals surface area contributed by atoms with Crippen LogP contribution in [0, 0.1) is 0 Å². The topological polar surface area (TPSA) is 47.0 Å². The molecule has 0 bridgehead atoms. The van der Waals surface area contributed by atoms with Gasteiger partial charge in [0.05, 0.1) is 7.11 Å². The van der Waals surface area contributed by atoms with Crippen molar-refractivity contribution >= 4 is 17.4 Å². The Kier molecular flexibility index (Phi) is 4.68. The van der Waals surface area contributed by atoms with Crippen LogP contribution in [0.2, 0.25) is 5.15 Å². The summed E-state index contributed by atoms with van der Waals surface area (Å²) in [5.41, 5.74) is 2.64. The van der Waals surface area contributed by atoms with Gasteiger partial charge < -0.3 is 10.1 Å². The fourth-order valence-electron chi connectivity index (χ4n) is 1.97. The smallest absolute Gasteiger partial charge is 0.198 e. The van der Waals surface area contributed by atoms with Gasteiger partial charge in [-0.05, 0) is 16.5 Å². The molecule has 1 aromatic heterocycles. The number of nitrogens with zero attached hydrogens (tertiary/aromatic N) is 2. The molecule has 1 N–H and O–H groups in total. The Morgan fingerprint density at radius 1 is 1.14 bits per heavy atom. The van der Waals surface area contributed by atoms with Gasteiger partial charge in [0, 0.05) is 6.54 Å². The van der Waals surface area contributed by atoms with Crippen molar-refractivity contribution in [2.24, 2.45) is 0 Å². The summed E-state index contributed by atoms with van der Waals surface area (Å²) in [5, 5.41) is 3.52. The van der Waals surface area contributed by atoms with Crippen LogP contribution in [-0.2, 0) is 12.0 Å². The van der Waals surface area contributed by atoms with E-state index in [0.717, 1.165) is 0 Å². The van der Waals surface area contributed by atoms with E-state index in [4.69, 9.17) is 16.3 Å². The first-order chi connectivity index (χ1) is 9.91. The number of halogens is 1. The molecule has 4 nitrogen and oxygen atoms in total. The largest absolute Gasteiger partial charge is 0.490 e. The molecule has 2 aromatic rings. The highest BCUT2D eigenvalue weighted by Crippen LogP contribution is 2.29. The van der Waals surface area contributed by atoms with Gasteiger partial charge in [0.1, 0.15) is 6.33 Å². The maximum atomic E-state index is 5.97. The monoisotopic (exact) mass is 305 g/mol. The quantitative estimate of drug-likeness (QED) is 0.866. The molecule has 1 heterocycles. The summed E-state index contributed by atoms with van der Waals surface area (Å²) in [6, 6.07) is 8.54. The molecule has 1 aromatic carbocycles. The maximum absolute atomic E-state index is 5.97. The van der Waals surface area contributed by atoms with Gasteiger partial charge in [-0.1, -0.05) is 56.6 Å². The van der Waals surface area contributed by atoms with Gasteiger partial charge in [-0.15, -0.1) is 0 Å². The first kappa shape index (κ1) is 15.6. The average molecular weight is 306 g/mol. The van der Waals surface area contributed by atoms with Gasteiger partial charge in [0.25, 0.3) is 0 Å². The molecule has 0 atom stereocenters. The van der Waals surface area contributed by atoms with E-state index >= 15 is 0 Å². The summed E-state index contributed by atoms with van der Waals surface area (Å²) in [4.78, 5) is 8.04. The van der Waals surface area contributed by atoms with E-state index in [2.05, 4.69) is 60.3 Å². The van der Waals surface area contributed by atoms with Crippen molar-refractivity contribution in [3.05, 3.63) is 46.9 Å². The van der Waals surface area contributed by atoms with Crippen LogP contribution < -0.4 is 10.1 Å². The zero-order valence-electron chi connectivity index (χ0n) is 12.8. The summed E-state index contributed by atoms with van der Waals surface area (Å²) in [6.45, 7) is 7.25. The lowest BCUT2D eigenvalue weighted by Crippen LogP contribution is -2.11. The normalized spacial score (nSPS) is 11.3. The van der Waals surface area contributed by atoms with Crippen LogP contribution >= 0.6 is 11.6 Å². The second-order valence-corrected chi connectivity index (χ2v) is 6.20. The summed E-state index contributed by atoms with van der Waals surface area (Å²) in [6.07, 6.45) is 1.41. The molecule has 0 aliphatic carbocycles. The minimum absolute atomic E-state index is 0.162. The van der Waals surface area contributed by atoms with Gasteiger partial charge in [-0.2, -0.15) is 0 Å². The fourth-order valence-corrected chi connectivity index (χ4v) is 2.18. The fraction of sp³-hybridized carbons (Fsp3) is 0.375. The summed E-state index contributed by atoms with van der Waals surface area (Å²) in [7, 11) is 1.55. The lowest BCUT2D eigenvalue weighted by Gasteiger charge is -2.19. The number of ether oxygens (including phenoxy) is 1. The molecule has 0 spiro atoms. The van der Waals surface area contributed by atoms with Crippen LogP contribution in [0.25, 0.3) is 0 Å². The second kappa shape index (κ2) is 6.31. The maximum Gasteiger partial charge on any atom is 0.198 e. The number of benzene rings is 1. The van der Waals surface area contributed by atoms with E-state index in [0.29, 0.717) is 23.3 Å². The van der Waals surface area contributed by atoms with E-state index in [1.165, 1.54) is 17.5 Å². The number of hydrogen-bond donors (Lipinski definition) is 1. The second-order valence-electron chi connectivity index (χ2n) is 5.85. The van der Waals surface area contributed by atoms with E-state index in [1.807, 2.05) is 0 Å². The van der Waals surface area contributed by atoms with E-state index in [9.17, 15) is 0 Å². The van der Waals surface area contributed by atoms with Crippen LogP contribution in [0.3, 0.4) is 0 Å². The van der Waals surface area contributed by atoms with E-state index in [1.54, 1.807) is 7.11 Å². The predicted octanol–water partition coefficient (Wildman–Crippen LogP) is 4.05. The first-order valence-corrected chi connectivity index (χ1v) is 7.17. The molecule has 0 aliphatic rings. The number of nitrogens with one attached hydrogen (secondary N) is 1. The molecule has 112 valence electrons. The van der Waals surface area contributed by atoms with Crippen LogP contribution in [0.1, 0.15) is 31.9 Å². The summed E-state index contributed by atoms with van der Waals surface area (Å²) < 4.78 is 5.21. The molecular formula is C16H20ClN3O. The van der Waals surface area contributed by atoms with Crippen molar-refractivity contribution in [2.45, 2.75) is 32.7 Å². The van der Waals surface area contributed by atoms with Crippen LogP contribution in [0.4, 0.5) is 5.82 Å². The number of aromatic nitrogens is 2. The molecule has 0 unspecified atom stereocenters. The predicted molar refractivity (Wildman–Crippen MR) is 86.1 cm³/mol. The highest BCUT2D eigenvalue weighted by Gasteiger charge is 2.13. The van der Waals surface area contributed by atoms with Gasteiger partial charge in [0.15, 0.2) is 16.7 Å². The Morgan fingerprint density at radius 2 is 1.81 bits per heavy atom. The van der Waals surface area contributed by atoms with Crippen molar-refractivity contribution < 1.29 is 4.74 Å². The number of anilines is 1. The Morgan fingerprint density at radius 3 is 2.38 bits per heavy atom. The van der Waals surface area contributed by atoms with Crippen LogP contribution in [-0.4, -0.2) is 17.1 Å². The molecule has 0 aliphatic heterocycles. The molecule has 0 radical (unpaired) electrons. The molecule has 0 fully saturated rings. The first-order valence-electron chi connectivity index (χ1n) is 6.79. The average Bonchev–Trinajstić information content (AvgIpc) is 2.44. The molecular weight excluding hydrogens is 286 g/mol. The number of rotatable bonds is 4. The third-order valence-corrected chi connectivity index (χ3v) is 3.51. The molecule has 0 amide bonds. The van der Waals surface area contributed by atoms with Crippen molar-refractivity contribution in [2.75, 3.05) is 12.4 Å². The third-order valence-electron chi connectivity index (χ3n) is 3.24. The lowest BCUT2D eigenvalue weighted by atomic mass is 9.87. The molecule has 21 heavy (non-hydrogen) atoms. The zero-order valence-corrected chi connectivity index (χ0v) is 13.5. The SMILES string of the molecule is COc1c(Cl)ncnc1NCc1ccc(C(C)(C)C)cc1. The lowest BCUT2D eigenvalue weighted by molar-refractivity contribution is 0.413. The number of methoxy groups -OCH3 is 1. The molecule has 5 heteroatoms. The highest BCUT2D eigenvalue weighted by atomic mass is 35.5. The Bertz CT molecular complexity index is 606. The zero-order chi connectivity index (χ0) is 15.5. The van der Waals surface area contributed by atoms with Gasteiger partial charge in [-0.3, -0.25) is 0 Å². The third kappa shape index (κ3) is 3.85. The van der Waals surface area contributed by atoms with Crippen molar-refractivity contribution in [1.82, 2.24) is 9.97 Å². The minimum Gasteiger partial charge on any atom is -0.490 e. The standard InChI is InChI=1S/C16H20ClN3O/c1-16(2,3)12-7-5-11(6-8-12)9-18-15-13(21-4)14(17)19-10-20-15/h5-8,10H,9H2,1-4H3,(H,18,19,20). The van der Waals surface area contributed by atoms with Crippen molar-refractivity contribution in [1.29, 1.82) is 0 Å².